The molecule has 0 saturated heterocycles. The van der Waals surface area contributed by atoms with E-state index in [2.05, 4.69) is 26.2 Å². The Balaban J connectivity index is 2.23. The van der Waals surface area contributed by atoms with Crippen LogP contribution in [0.5, 0.6) is 0 Å². The van der Waals surface area contributed by atoms with E-state index in [1.165, 1.54) is 83.1 Å². The van der Waals surface area contributed by atoms with E-state index in [-0.39, 0.29) is 0 Å². The van der Waals surface area contributed by atoms with Crippen molar-refractivity contribution in [1.29, 1.82) is 0 Å². The van der Waals surface area contributed by atoms with Crippen LogP contribution in [0.15, 0.2) is 0 Å². The van der Waals surface area contributed by atoms with E-state index in [1.54, 1.807) is 0 Å². The first kappa shape index (κ1) is 22.6. The lowest BCUT2D eigenvalue weighted by molar-refractivity contribution is 0.209. The van der Waals surface area contributed by atoms with Crippen LogP contribution in [-0.2, 0) is 8.85 Å². The van der Waals surface area contributed by atoms with Crippen LogP contribution in [0.4, 0.5) is 0 Å². The Morgan fingerprint density at radius 2 is 1.42 bits per heavy atom. The first-order valence-corrected chi connectivity index (χ1v) is 17.4. The molecule has 26 heavy (non-hydrogen) atoms. The summed E-state index contributed by atoms with van der Waals surface area (Å²) in [6.45, 7) is 9.84. The molecule has 0 aromatic heterocycles. The zero-order chi connectivity index (χ0) is 19.3. The van der Waals surface area contributed by atoms with Gasteiger partial charge in [0.25, 0.3) is 0 Å². The molecule has 0 N–H and O–H groups in total. The first-order chi connectivity index (χ1) is 12.3. The number of hydrogen-bond acceptors (Lipinski definition) is 2. The molecule has 0 aromatic carbocycles. The van der Waals surface area contributed by atoms with Crippen molar-refractivity contribution in [3.63, 3.8) is 0 Å². The van der Waals surface area contributed by atoms with Crippen molar-refractivity contribution in [2.24, 2.45) is 11.8 Å². The molecule has 4 heteroatoms. The van der Waals surface area contributed by atoms with Gasteiger partial charge in [0.15, 0.2) is 16.6 Å². The Morgan fingerprint density at radius 1 is 0.808 bits per heavy atom. The van der Waals surface area contributed by atoms with Gasteiger partial charge in [0.2, 0.25) is 0 Å². The van der Waals surface area contributed by atoms with Crippen LogP contribution in [0.1, 0.15) is 77.0 Å². The Bertz CT molecular complexity index is 416. The molecule has 0 aliphatic heterocycles. The molecule has 0 spiro atoms. The largest absolute Gasteiger partial charge is 0.420 e. The van der Waals surface area contributed by atoms with Crippen molar-refractivity contribution in [1.82, 2.24) is 0 Å². The Labute approximate surface area is 166 Å². The van der Waals surface area contributed by atoms with E-state index < -0.39 is 16.6 Å². The van der Waals surface area contributed by atoms with Gasteiger partial charge in [-0.3, -0.25) is 0 Å². The summed E-state index contributed by atoms with van der Waals surface area (Å²) < 4.78 is 12.2. The maximum Gasteiger partial charge on any atom is 0.192 e. The molecule has 2 aliphatic rings. The maximum atomic E-state index is 6.37. The normalized spacial score (nSPS) is 30.0. The van der Waals surface area contributed by atoms with Crippen LogP contribution >= 0.6 is 0 Å². The van der Waals surface area contributed by atoms with Gasteiger partial charge in [-0.2, -0.15) is 0 Å². The molecule has 0 heterocycles. The van der Waals surface area contributed by atoms with E-state index >= 15 is 0 Å². The zero-order valence-electron chi connectivity index (χ0n) is 18.7. The predicted octanol–water partition coefficient (Wildman–Crippen LogP) is 7.37. The molecule has 2 saturated carbocycles. The zero-order valence-corrected chi connectivity index (χ0v) is 20.7. The highest BCUT2D eigenvalue weighted by Gasteiger charge is 2.53. The van der Waals surface area contributed by atoms with Crippen molar-refractivity contribution in [3.05, 3.63) is 0 Å². The minimum Gasteiger partial charge on any atom is -0.420 e. The van der Waals surface area contributed by atoms with Gasteiger partial charge in [0, 0.05) is 14.2 Å². The highest BCUT2D eigenvalue weighted by Crippen LogP contribution is 2.60. The van der Waals surface area contributed by atoms with Crippen molar-refractivity contribution in [2.45, 2.75) is 114 Å². The monoisotopic (exact) mass is 398 g/mol. The summed E-state index contributed by atoms with van der Waals surface area (Å²) in [5.41, 5.74) is 0. The van der Waals surface area contributed by atoms with Crippen LogP contribution in [0.2, 0.25) is 37.3 Å². The number of rotatable bonds is 7. The summed E-state index contributed by atoms with van der Waals surface area (Å²) in [4.78, 5) is 0. The van der Waals surface area contributed by atoms with Crippen LogP contribution in [0.25, 0.3) is 0 Å². The molecule has 2 unspecified atom stereocenters. The second-order valence-corrected chi connectivity index (χ2v) is 19.2. The average Bonchev–Trinajstić information content (AvgIpc) is 3.02. The molecule has 154 valence electrons. The first-order valence-electron chi connectivity index (χ1n) is 11.4. The summed E-state index contributed by atoms with van der Waals surface area (Å²) in [6, 6.07) is 1.32. The fourth-order valence-corrected chi connectivity index (χ4v) is 10.5. The quantitative estimate of drug-likeness (QED) is 0.329. The molecule has 2 nitrogen and oxygen atoms in total. The van der Waals surface area contributed by atoms with Crippen molar-refractivity contribution in [3.8, 4) is 0 Å². The van der Waals surface area contributed by atoms with Crippen LogP contribution in [0, 0.1) is 11.8 Å². The lowest BCUT2D eigenvalue weighted by Gasteiger charge is -2.50. The SMILES string of the molecule is CO[Si](C)(C)CCC1CCCCC(C2CCCCCC2)([Si](C)(C)OC)C1. The minimum absolute atomic E-state index is 0.506. The van der Waals surface area contributed by atoms with Crippen LogP contribution in [0.3, 0.4) is 0 Å². The smallest absolute Gasteiger partial charge is 0.192 e. The maximum absolute atomic E-state index is 6.37. The van der Waals surface area contributed by atoms with E-state index in [0.29, 0.717) is 5.04 Å². The van der Waals surface area contributed by atoms with Crippen LogP contribution in [-0.4, -0.2) is 30.9 Å². The summed E-state index contributed by atoms with van der Waals surface area (Å²) in [6.07, 6.45) is 17.3. The van der Waals surface area contributed by atoms with E-state index in [0.717, 1.165) is 11.8 Å². The van der Waals surface area contributed by atoms with E-state index in [4.69, 9.17) is 8.85 Å². The third kappa shape index (κ3) is 5.45. The van der Waals surface area contributed by atoms with E-state index in [1.807, 2.05) is 14.2 Å². The highest BCUT2D eigenvalue weighted by molar-refractivity contribution is 6.74. The molecular weight excluding hydrogens is 352 g/mol. The van der Waals surface area contributed by atoms with Crippen molar-refractivity contribution >= 4 is 16.6 Å². The minimum atomic E-state index is -1.71. The second-order valence-electron chi connectivity index (χ2n) is 10.4. The third-order valence-corrected chi connectivity index (χ3v) is 15.1. The molecule has 2 atom stereocenters. The summed E-state index contributed by atoms with van der Waals surface area (Å²) in [5.74, 6) is 1.81. The standard InChI is InChI=1S/C22H46O2Si2/c1-23-25(3,4)18-16-20-13-11-12-17-22(19-20,26(5,6)24-2)21-14-9-7-8-10-15-21/h20-21H,7-19H2,1-6H3. The van der Waals surface area contributed by atoms with Crippen LogP contribution < -0.4 is 0 Å². The molecule has 0 bridgehead atoms. The van der Waals surface area contributed by atoms with Gasteiger partial charge in [0.05, 0.1) is 0 Å². The average molecular weight is 399 g/mol. The number of hydrogen-bond donors (Lipinski definition) is 0. The predicted molar refractivity (Wildman–Crippen MR) is 119 cm³/mol. The molecule has 2 aliphatic carbocycles. The van der Waals surface area contributed by atoms with Gasteiger partial charge in [-0.15, -0.1) is 0 Å². The van der Waals surface area contributed by atoms with Gasteiger partial charge >= 0.3 is 0 Å². The Kier molecular flexibility index (Phi) is 8.46. The summed E-state index contributed by atoms with van der Waals surface area (Å²) >= 11 is 0. The molecule has 2 fully saturated rings. The van der Waals surface area contributed by atoms with E-state index in [9.17, 15) is 0 Å². The Hall–Kier alpha value is 0.354. The molecular formula is C22H46O2Si2. The van der Waals surface area contributed by atoms with Crippen molar-refractivity contribution < 1.29 is 8.85 Å². The molecule has 0 radical (unpaired) electrons. The van der Waals surface area contributed by atoms with Crippen molar-refractivity contribution in [2.75, 3.05) is 14.2 Å². The Morgan fingerprint density at radius 3 is 2.00 bits per heavy atom. The van der Waals surface area contributed by atoms with Gasteiger partial charge in [-0.1, -0.05) is 64.2 Å². The van der Waals surface area contributed by atoms with Gasteiger partial charge in [-0.25, -0.2) is 0 Å². The topological polar surface area (TPSA) is 18.5 Å². The second kappa shape index (κ2) is 9.71. The van der Waals surface area contributed by atoms with Gasteiger partial charge in [-0.05, 0) is 61.9 Å². The molecule has 0 aromatic rings. The fourth-order valence-electron chi connectivity index (χ4n) is 5.94. The lowest BCUT2D eigenvalue weighted by atomic mass is 9.77. The van der Waals surface area contributed by atoms with Gasteiger partial charge in [0.1, 0.15) is 0 Å². The highest BCUT2D eigenvalue weighted by atomic mass is 28.4. The fraction of sp³-hybridized carbons (Fsp3) is 1.00. The summed E-state index contributed by atoms with van der Waals surface area (Å²) in [5, 5.41) is 0.506. The summed E-state index contributed by atoms with van der Waals surface area (Å²) in [7, 11) is 0.787. The van der Waals surface area contributed by atoms with Gasteiger partial charge < -0.3 is 8.85 Å². The third-order valence-electron chi connectivity index (χ3n) is 8.19. The molecule has 0 amide bonds. The molecule has 2 rings (SSSR count). The lowest BCUT2D eigenvalue weighted by Crippen LogP contribution is -2.49.